The third-order valence-corrected chi connectivity index (χ3v) is 6.06. The van der Waals surface area contributed by atoms with Gasteiger partial charge >= 0.3 is 11.9 Å². The third-order valence-electron chi connectivity index (χ3n) is 6.06. The van der Waals surface area contributed by atoms with Gasteiger partial charge in [0.05, 0.1) is 11.5 Å². The number of ketones is 1. The number of carbonyl (C=O) groups excluding carboxylic acids is 2. The van der Waals surface area contributed by atoms with Gasteiger partial charge in [-0.15, -0.1) is 0 Å². The molecule has 0 amide bonds. The molecule has 2 aromatic carbocycles. The number of benzene rings is 2. The predicted molar refractivity (Wildman–Crippen MR) is 121 cm³/mol. The van der Waals surface area contributed by atoms with Crippen molar-refractivity contribution in [1.82, 2.24) is 0 Å². The maximum absolute atomic E-state index is 13.3. The van der Waals surface area contributed by atoms with Crippen molar-refractivity contribution in [3.8, 4) is 5.75 Å². The number of carboxylic acids is 1. The highest BCUT2D eigenvalue weighted by Gasteiger charge is 2.48. The van der Waals surface area contributed by atoms with Crippen LogP contribution in [0.4, 0.5) is 0 Å². The molecule has 2 aromatic rings. The quantitative estimate of drug-likeness (QED) is 0.524. The van der Waals surface area contributed by atoms with E-state index < -0.39 is 41.6 Å². The van der Waals surface area contributed by atoms with Crippen LogP contribution in [0, 0.1) is 11.8 Å². The zero-order valence-corrected chi connectivity index (χ0v) is 18.8. The molecule has 4 atom stereocenters. The molecule has 7 heteroatoms. The fourth-order valence-corrected chi connectivity index (χ4v) is 4.34. The first-order valence-electron chi connectivity index (χ1n) is 11.1. The van der Waals surface area contributed by atoms with Gasteiger partial charge in [0.25, 0.3) is 0 Å². The molecule has 1 unspecified atom stereocenters. The summed E-state index contributed by atoms with van der Waals surface area (Å²) in [4.78, 5) is 37.3. The van der Waals surface area contributed by atoms with Crippen molar-refractivity contribution in [2.75, 3.05) is 0 Å². The molecule has 0 aliphatic heterocycles. The molecule has 7 nitrogen and oxygen atoms in total. The van der Waals surface area contributed by atoms with Crippen LogP contribution >= 0.6 is 0 Å². The van der Waals surface area contributed by atoms with Gasteiger partial charge in [-0.1, -0.05) is 36.4 Å². The summed E-state index contributed by atoms with van der Waals surface area (Å²) < 4.78 is 11.6. The fraction of sp³-hybridized carbons (Fsp3) is 0.423. The highest BCUT2D eigenvalue weighted by Crippen LogP contribution is 2.39. The van der Waals surface area contributed by atoms with Crippen LogP contribution in [-0.2, 0) is 14.3 Å². The maximum Gasteiger partial charge on any atom is 0.338 e. The second-order valence-corrected chi connectivity index (χ2v) is 9.00. The molecule has 0 saturated heterocycles. The van der Waals surface area contributed by atoms with Crippen LogP contribution in [0.3, 0.4) is 0 Å². The number of hydrogen-bond donors (Lipinski definition) is 2. The molecule has 2 N–H and O–H groups in total. The Morgan fingerprint density at radius 2 is 1.61 bits per heavy atom. The lowest BCUT2D eigenvalue weighted by Gasteiger charge is -2.29. The van der Waals surface area contributed by atoms with Crippen LogP contribution in [-0.4, -0.2) is 45.7 Å². The van der Waals surface area contributed by atoms with Crippen molar-refractivity contribution < 1.29 is 34.1 Å². The van der Waals surface area contributed by atoms with Gasteiger partial charge in [-0.25, -0.2) is 9.59 Å². The Labute approximate surface area is 193 Å². The molecular formula is C26H30O7. The summed E-state index contributed by atoms with van der Waals surface area (Å²) in [6.07, 6.45) is -1.41. The maximum atomic E-state index is 13.3. The molecule has 33 heavy (non-hydrogen) atoms. The van der Waals surface area contributed by atoms with E-state index in [2.05, 4.69) is 0 Å². The number of esters is 1. The van der Waals surface area contributed by atoms with E-state index in [-0.39, 0.29) is 18.6 Å². The molecule has 0 aromatic heterocycles. The molecule has 1 saturated carbocycles. The van der Waals surface area contributed by atoms with E-state index in [9.17, 15) is 24.6 Å². The number of aliphatic hydroxyl groups excluding tert-OH is 1. The smallest absolute Gasteiger partial charge is 0.338 e. The zero-order valence-electron chi connectivity index (χ0n) is 18.8. The summed E-state index contributed by atoms with van der Waals surface area (Å²) in [5.41, 5.74) is -0.296. The molecule has 176 valence electrons. The largest absolute Gasteiger partial charge is 0.488 e. The van der Waals surface area contributed by atoms with Gasteiger partial charge in [-0.05, 0) is 57.4 Å². The van der Waals surface area contributed by atoms with E-state index in [4.69, 9.17) is 9.47 Å². The number of carboxylic acid groups (broad SMARTS) is 1. The lowest BCUT2D eigenvalue weighted by Crippen LogP contribution is -2.40. The van der Waals surface area contributed by atoms with Crippen molar-refractivity contribution in [1.29, 1.82) is 0 Å². The topological polar surface area (TPSA) is 110 Å². The lowest BCUT2D eigenvalue weighted by molar-refractivity contribution is -0.151. The molecule has 0 spiro atoms. The van der Waals surface area contributed by atoms with E-state index in [1.165, 1.54) is 0 Å². The van der Waals surface area contributed by atoms with Gasteiger partial charge < -0.3 is 19.7 Å². The summed E-state index contributed by atoms with van der Waals surface area (Å²) >= 11 is 0. The predicted octanol–water partition coefficient (Wildman–Crippen LogP) is 3.89. The number of carbonyl (C=O) groups is 3. The number of para-hydroxylation sites is 1. The molecule has 0 radical (unpaired) electrons. The highest BCUT2D eigenvalue weighted by atomic mass is 16.5. The van der Waals surface area contributed by atoms with Gasteiger partial charge in [0.1, 0.15) is 23.2 Å². The Hall–Kier alpha value is -3.19. The van der Waals surface area contributed by atoms with Crippen LogP contribution in [0.5, 0.6) is 5.75 Å². The van der Waals surface area contributed by atoms with Crippen LogP contribution < -0.4 is 4.74 Å². The Balaban J connectivity index is 1.71. The normalized spacial score (nSPS) is 21.2. The molecule has 1 aliphatic carbocycles. The first-order valence-corrected chi connectivity index (χ1v) is 11.1. The van der Waals surface area contributed by atoms with E-state index >= 15 is 0 Å². The monoisotopic (exact) mass is 454 g/mol. The van der Waals surface area contributed by atoms with Crippen LogP contribution in [0.15, 0.2) is 60.7 Å². The molecule has 0 heterocycles. The van der Waals surface area contributed by atoms with Gasteiger partial charge in [-0.2, -0.15) is 0 Å². The Kier molecular flexibility index (Phi) is 7.87. The number of hydrogen-bond acceptors (Lipinski definition) is 6. The second-order valence-electron chi connectivity index (χ2n) is 9.00. The molecule has 1 aliphatic rings. The summed E-state index contributed by atoms with van der Waals surface area (Å²) in [5, 5.41) is 19.5. The van der Waals surface area contributed by atoms with Crippen molar-refractivity contribution >= 4 is 17.7 Å². The van der Waals surface area contributed by atoms with Crippen molar-refractivity contribution in [3.05, 3.63) is 66.2 Å². The van der Waals surface area contributed by atoms with E-state index in [0.717, 1.165) is 0 Å². The minimum atomic E-state index is -1.70. The van der Waals surface area contributed by atoms with Gasteiger partial charge in [0, 0.05) is 12.3 Å². The summed E-state index contributed by atoms with van der Waals surface area (Å²) in [7, 11) is 0. The summed E-state index contributed by atoms with van der Waals surface area (Å²) in [6.45, 7) is 3.75. The van der Waals surface area contributed by atoms with Crippen molar-refractivity contribution in [2.24, 2.45) is 11.8 Å². The first kappa shape index (κ1) is 24.5. The fourth-order valence-electron chi connectivity index (χ4n) is 4.34. The molecular weight excluding hydrogens is 424 g/mol. The highest BCUT2D eigenvalue weighted by molar-refractivity contribution is 5.90. The Bertz CT molecular complexity index is 955. The first-order chi connectivity index (χ1) is 15.7. The lowest BCUT2D eigenvalue weighted by atomic mass is 9.83. The van der Waals surface area contributed by atoms with E-state index in [0.29, 0.717) is 24.2 Å². The minimum Gasteiger partial charge on any atom is -0.488 e. The molecule has 0 bridgehead atoms. The summed E-state index contributed by atoms with van der Waals surface area (Å²) in [6, 6.07) is 17.7. The zero-order chi connectivity index (χ0) is 24.0. The molecule has 3 rings (SSSR count). The second kappa shape index (κ2) is 10.6. The average Bonchev–Trinajstić information content (AvgIpc) is 3.21. The van der Waals surface area contributed by atoms with E-state index in [1.54, 1.807) is 30.3 Å². The number of aliphatic hydroxyl groups is 1. The third kappa shape index (κ3) is 6.42. The Morgan fingerprint density at radius 3 is 2.21 bits per heavy atom. The van der Waals surface area contributed by atoms with Crippen molar-refractivity contribution in [3.63, 3.8) is 0 Å². The van der Waals surface area contributed by atoms with Crippen molar-refractivity contribution in [2.45, 2.75) is 57.3 Å². The molecule has 1 fully saturated rings. The average molecular weight is 455 g/mol. The summed E-state index contributed by atoms with van der Waals surface area (Å²) in [5.74, 6) is -3.23. The van der Waals surface area contributed by atoms with Gasteiger partial charge in [0.15, 0.2) is 6.10 Å². The minimum absolute atomic E-state index is 0.104. The van der Waals surface area contributed by atoms with Gasteiger partial charge in [-0.3, -0.25) is 4.79 Å². The SMILES string of the molecule is CC(C)(CCC(=O)[C@H]1[C@@H](OC(=O)c2ccccc2)CC[C@H]1C(O)C(=O)O)Oc1ccccc1. The van der Waals surface area contributed by atoms with E-state index in [1.807, 2.05) is 44.2 Å². The number of aliphatic carboxylic acids is 1. The van der Waals surface area contributed by atoms with Crippen LogP contribution in [0.2, 0.25) is 0 Å². The number of Topliss-reactive ketones (excluding diaryl/α,β-unsaturated/α-hetero) is 1. The van der Waals surface area contributed by atoms with Gasteiger partial charge in [0.2, 0.25) is 0 Å². The number of rotatable bonds is 10. The Morgan fingerprint density at radius 1 is 1.00 bits per heavy atom. The van der Waals surface area contributed by atoms with Crippen LogP contribution in [0.1, 0.15) is 49.9 Å². The number of ether oxygens (including phenoxy) is 2. The van der Waals surface area contributed by atoms with Crippen LogP contribution in [0.25, 0.3) is 0 Å². The standard InChI is InChI=1S/C26H30O7/c1-26(2,33-18-11-7-4-8-12-18)16-15-20(27)22-19(23(28)24(29)30)13-14-21(22)32-25(31)17-9-5-3-6-10-17/h3-12,19,21-23,28H,13-16H2,1-2H3,(H,29,30)/t19-,21+,22+,23?/m1/s1.